The van der Waals surface area contributed by atoms with Gasteiger partial charge in [0.15, 0.2) is 0 Å². The predicted octanol–water partition coefficient (Wildman–Crippen LogP) is 9.63. The molecule has 0 saturated heterocycles. The molecule has 4 aromatic carbocycles. The van der Waals surface area contributed by atoms with Crippen LogP contribution >= 0.6 is 0 Å². The van der Waals surface area contributed by atoms with Gasteiger partial charge in [0, 0.05) is 22.9 Å². The van der Waals surface area contributed by atoms with Gasteiger partial charge in [-0.15, -0.1) is 0 Å². The van der Waals surface area contributed by atoms with Crippen molar-refractivity contribution in [3.8, 4) is 11.5 Å². The van der Waals surface area contributed by atoms with Gasteiger partial charge in [0.1, 0.15) is 11.5 Å². The molecule has 0 N–H and O–H groups in total. The molecule has 0 radical (unpaired) electrons. The maximum absolute atomic E-state index is 8.42. The van der Waals surface area contributed by atoms with Gasteiger partial charge in [-0.1, -0.05) is 95.2 Å². The molecular formula is C34H34N6O2. The minimum absolute atomic E-state index is 0.484. The Morgan fingerprint density at radius 1 is 0.476 bits per heavy atom. The van der Waals surface area contributed by atoms with E-state index in [1.807, 2.05) is 36.4 Å². The number of rotatable bonds is 16. The summed E-state index contributed by atoms with van der Waals surface area (Å²) in [6.07, 6.45) is 3.24. The monoisotopic (exact) mass is 558 g/mol. The molecule has 0 unspecified atom stereocenters. The standard InChI is InChI=1S/C34H34N6O2/c35-39-37-23-7-9-25-41-31-19-15-29(16-20-31)33(27-11-3-1-4-12-27)34(28-13-5-2-6-14-28)30-17-21-32(22-18-30)42-26-10-8-24-38-40-36/h1-6,11-22H,7-10,23-26H2. The maximum Gasteiger partial charge on any atom is 0.119 e. The molecule has 4 rings (SSSR count). The van der Waals surface area contributed by atoms with Gasteiger partial charge in [-0.25, -0.2) is 0 Å². The minimum atomic E-state index is 0.484. The lowest BCUT2D eigenvalue weighted by Crippen LogP contribution is -2.00. The SMILES string of the molecule is [N-]=[N+]=NCCCCOc1ccc(C(=C(c2ccccc2)c2ccc(OCCCCN=[N+]=[N-])cc2)c2ccccc2)cc1. The van der Waals surface area contributed by atoms with E-state index in [0.717, 1.165) is 70.6 Å². The van der Waals surface area contributed by atoms with Crippen molar-refractivity contribution in [2.24, 2.45) is 10.2 Å². The number of hydrogen-bond donors (Lipinski definition) is 0. The molecule has 0 atom stereocenters. The van der Waals surface area contributed by atoms with E-state index in [9.17, 15) is 0 Å². The highest BCUT2D eigenvalue weighted by Gasteiger charge is 2.16. The molecule has 0 spiro atoms. The Balaban J connectivity index is 1.65. The molecule has 42 heavy (non-hydrogen) atoms. The third-order valence-electron chi connectivity index (χ3n) is 6.63. The van der Waals surface area contributed by atoms with Crippen LogP contribution < -0.4 is 9.47 Å². The number of azide groups is 2. The number of ether oxygens (including phenoxy) is 2. The van der Waals surface area contributed by atoms with Crippen molar-refractivity contribution < 1.29 is 9.47 Å². The van der Waals surface area contributed by atoms with Gasteiger partial charge < -0.3 is 9.47 Å². The lowest BCUT2D eigenvalue weighted by atomic mass is 9.86. The van der Waals surface area contributed by atoms with Crippen molar-refractivity contribution in [3.63, 3.8) is 0 Å². The molecule has 0 aliphatic heterocycles. The van der Waals surface area contributed by atoms with Gasteiger partial charge in [-0.3, -0.25) is 0 Å². The topological polar surface area (TPSA) is 116 Å². The zero-order valence-corrected chi connectivity index (χ0v) is 23.5. The summed E-state index contributed by atoms with van der Waals surface area (Å²) in [6.45, 7) is 2.11. The fourth-order valence-electron chi connectivity index (χ4n) is 4.59. The summed E-state index contributed by atoms with van der Waals surface area (Å²) in [4.78, 5) is 5.58. The number of benzene rings is 4. The number of hydrogen-bond acceptors (Lipinski definition) is 4. The zero-order chi connectivity index (χ0) is 29.2. The second kappa shape index (κ2) is 16.8. The lowest BCUT2D eigenvalue weighted by Gasteiger charge is -2.19. The Bertz CT molecular complexity index is 1390. The number of unbranched alkanes of at least 4 members (excludes halogenated alkanes) is 2. The fourth-order valence-corrected chi connectivity index (χ4v) is 4.59. The van der Waals surface area contributed by atoms with Gasteiger partial charge in [0.2, 0.25) is 0 Å². The summed E-state index contributed by atoms with van der Waals surface area (Å²) in [5.74, 6) is 1.61. The minimum Gasteiger partial charge on any atom is -0.494 e. The Labute approximate surface area is 246 Å². The molecule has 0 saturated carbocycles. The molecule has 212 valence electrons. The van der Waals surface area contributed by atoms with Crippen molar-refractivity contribution in [1.82, 2.24) is 0 Å². The van der Waals surface area contributed by atoms with Crippen molar-refractivity contribution in [2.75, 3.05) is 26.3 Å². The van der Waals surface area contributed by atoms with E-state index in [-0.39, 0.29) is 0 Å². The molecule has 0 fully saturated rings. The summed E-state index contributed by atoms with van der Waals surface area (Å²) in [5.41, 5.74) is 23.5. The molecule has 0 heterocycles. The Hall–Kier alpha value is -5.16. The fraction of sp³-hybridized carbons (Fsp3) is 0.235. The van der Waals surface area contributed by atoms with Crippen LogP contribution in [0.25, 0.3) is 32.0 Å². The van der Waals surface area contributed by atoms with Gasteiger partial charge in [-0.2, -0.15) is 0 Å². The van der Waals surface area contributed by atoms with Crippen LogP contribution in [-0.4, -0.2) is 26.3 Å². The average Bonchev–Trinajstić information content (AvgIpc) is 3.05. The molecule has 8 nitrogen and oxygen atoms in total. The predicted molar refractivity (Wildman–Crippen MR) is 168 cm³/mol. The van der Waals surface area contributed by atoms with Crippen LogP contribution in [0.1, 0.15) is 47.9 Å². The van der Waals surface area contributed by atoms with E-state index in [0.29, 0.717) is 26.3 Å². The zero-order valence-electron chi connectivity index (χ0n) is 23.5. The summed E-state index contributed by atoms with van der Waals surface area (Å²) in [5, 5.41) is 7.15. The van der Waals surface area contributed by atoms with Crippen LogP contribution in [0.4, 0.5) is 0 Å². The molecule has 0 aliphatic rings. The summed E-state index contributed by atoms with van der Waals surface area (Å²) < 4.78 is 11.9. The van der Waals surface area contributed by atoms with Crippen molar-refractivity contribution in [2.45, 2.75) is 25.7 Å². The first-order valence-electron chi connectivity index (χ1n) is 14.1. The van der Waals surface area contributed by atoms with Gasteiger partial charge >= 0.3 is 0 Å². The van der Waals surface area contributed by atoms with Crippen LogP contribution in [0.2, 0.25) is 0 Å². The Morgan fingerprint density at radius 3 is 1.19 bits per heavy atom. The summed E-state index contributed by atoms with van der Waals surface area (Å²) >= 11 is 0. The largest absolute Gasteiger partial charge is 0.494 e. The molecule has 0 aliphatic carbocycles. The van der Waals surface area contributed by atoms with Gasteiger partial charge in [0.05, 0.1) is 13.2 Å². The summed E-state index contributed by atoms with van der Waals surface area (Å²) in [6, 6.07) is 37.3. The van der Waals surface area contributed by atoms with Crippen molar-refractivity contribution in [3.05, 3.63) is 152 Å². The second-order valence-corrected chi connectivity index (χ2v) is 9.55. The van der Waals surface area contributed by atoms with E-state index < -0.39 is 0 Å². The average molecular weight is 559 g/mol. The molecule has 0 amide bonds. The smallest absolute Gasteiger partial charge is 0.119 e. The van der Waals surface area contributed by atoms with Crippen LogP contribution in [0, 0.1) is 0 Å². The van der Waals surface area contributed by atoms with Crippen LogP contribution in [0.15, 0.2) is 119 Å². The lowest BCUT2D eigenvalue weighted by molar-refractivity contribution is 0.307. The quantitative estimate of drug-likeness (QED) is 0.0447. The van der Waals surface area contributed by atoms with E-state index in [1.54, 1.807) is 0 Å². The highest BCUT2D eigenvalue weighted by molar-refractivity contribution is 6.04. The molecule has 0 aromatic heterocycles. The maximum atomic E-state index is 8.42. The first-order chi connectivity index (χ1) is 20.8. The Kier molecular flexibility index (Phi) is 11.9. The van der Waals surface area contributed by atoms with Crippen molar-refractivity contribution in [1.29, 1.82) is 0 Å². The van der Waals surface area contributed by atoms with E-state index in [2.05, 4.69) is 92.8 Å². The van der Waals surface area contributed by atoms with Gasteiger partial charge in [0.25, 0.3) is 0 Å². The van der Waals surface area contributed by atoms with Gasteiger partial charge in [-0.05, 0) is 94.4 Å². The third kappa shape index (κ3) is 8.93. The first-order valence-corrected chi connectivity index (χ1v) is 14.1. The van der Waals surface area contributed by atoms with Crippen LogP contribution in [0.3, 0.4) is 0 Å². The van der Waals surface area contributed by atoms with E-state index in [4.69, 9.17) is 20.5 Å². The van der Waals surface area contributed by atoms with Crippen LogP contribution in [-0.2, 0) is 0 Å². The normalized spacial score (nSPS) is 11.0. The second-order valence-electron chi connectivity index (χ2n) is 9.55. The number of nitrogens with zero attached hydrogens (tertiary/aromatic N) is 6. The Morgan fingerprint density at radius 2 is 0.833 bits per heavy atom. The van der Waals surface area contributed by atoms with E-state index >= 15 is 0 Å². The summed E-state index contributed by atoms with van der Waals surface area (Å²) in [7, 11) is 0. The highest BCUT2D eigenvalue weighted by Crippen LogP contribution is 2.37. The highest BCUT2D eigenvalue weighted by atomic mass is 16.5. The molecule has 4 aromatic rings. The molecular weight excluding hydrogens is 524 g/mol. The van der Waals surface area contributed by atoms with Crippen molar-refractivity contribution >= 4 is 11.1 Å². The molecule has 8 heteroatoms. The third-order valence-corrected chi connectivity index (χ3v) is 6.63. The van der Waals surface area contributed by atoms with Crippen LogP contribution in [0.5, 0.6) is 11.5 Å². The first kappa shape index (κ1) is 29.8. The van der Waals surface area contributed by atoms with E-state index in [1.165, 1.54) is 0 Å². The molecule has 0 bridgehead atoms.